The molecule has 0 spiro atoms. The van der Waals surface area contributed by atoms with E-state index in [1.54, 1.807) is 18.3 Å². The van der Waals surface area contributed by atoms with Crippen molar-refractivity contribution in [2.75, 3.05) is 44.3 Å². The fraction of sp³-hybridized carbons (Fsp3) is 0.387. The second-order valence-electron chi connectivity index (χ2n) is 8.65. The van der Waals surface area contributed by atoms with Crippen LogP contribution in [-0.4, -0.2) is 65.7 Å². The molecule has 3 rings (SSSR count). The average Bonchev–Trinajstić information content (AvgIpc) is 2.93. The van der Waals surface area contributed by atoms with Crippen molar-refractivity contribution in [2.24, 2.45) is 0 Å². The van der Waals surface area contributed by atoms with E-state index in [4.69, 9.17) is 9.47 Å². The summed E-state index contributed by atoms with van der Waals surface area (Å²) >= 11 is 0. The van der Waals surface area contributed by atoms with Gasteiger partial charge in [-0.2, -0.15) is 0 Å². The number of aromatic nitrogens is 1. The van der Waals surface area contributed by atoms with Crippen molar-refractivity contribution in [1.82, 2.24) is 4.98 Å². The molecule has 0 radical (unpaired) electrons. The number of benzene rings is 1. The molecule has 0 unspecified atom stereocenters. The third kappa shape index (κ3) is 6.15. The van der Waals surface area contributed by atoms with Crippen molar-refractivity contribution >= 4 is 22.9 Å². The number of nitrogens with zero attached hydrogens (tertiary/aromatic N) is 3. The van der Waals surface area contributed by atoms with Crippen LogP contribution in [0.3, 0.4) is 0 Å². The predicted octanol–water partition coefficient (Wildman–Crippen LogP) is 5.81. The lowest BCUT2D eigenvalue weighted by atomic mass is 9.89. The van der Waals surface area contributed by atoms with Gasteiger partial charge in [0.25, 0.3) is 0 Å². The van der Waals surface area contributed by atoms with E-state index >= 15 is 0 Å². The van der Waals surface area contributed by atoms with E-state index in [0.29, 0.717) is 36.0 Å². The largest absolute Gasteiger partial charge is 0.493 e. The second kappa shape index (κ2) is 13.6. The molecule has 38 heavy (non-hydrogen) atoms. The first-order valence-corrected chi connectivity index (χ1v) is 13.5. The first-order chi connectivity index (χ1) is 18.4. The number of pyridine rings is 1. The van der Waals surface area contributed by atoms with Gasteiger partial charge in [0.1, 0.15) is 24.6 Å². The highest BCUT2D eigenvalue weighted by molar-refractivity contribution is 6.06. The van der Waals surface area contributed by atoms with E-state index in [1.165, 1.54) is 0 Å². The van der Waals surface area contributed by atoms with Gasteiger partial charge in [-0.1, -0.05) is 0 Å². The van der Waals surface area contributed by atoms with Gasteiger partial charge in [-0.25, -0.2) is 9.37 Å². The zero-order valence-electron chi connectivity index (χ0n) is 23.5. The molecule has 0 amide bonds. The Kier molecular flexibility index (Phi) is 10.3. The Morgan fingerprint density at radius 2 is 1.66 bits per heavy atom. The maximum atomic E-state index is 12.3. The number of carboxylic acid groups (broad SMARTS) is 1. The molecule has 1 aliphatic rings. The smallest absolute Gasteiger partial charge is 0.337 e. The molecule has 202 valence electrons. The monoisotopic (exact) mass is 518 g/mol. The van der Waals surface area contributed by atoms with Gasteiger partial charge in [0, 0.05) is 53.8 Å². The van der Waals surface area contributed by atoms with E-state index in [-0.39, 0.29) is 5.56 Å². The van der Waals surface area contributed by atoms with Crippen LogP contribution in [0.1, 0.15) is 63.2 Å². The van der Waals surface area contributed by atoms with Gasteiger partial charge in [-0.3, -0.25) is 4.98 Å². The highest BCUT2D eigenvalue weighted by Crippen LogP contribution is 2.40. The first kappa shape index (κ1) is 28.7. The molecule has 0 aliphatic heterocycles. The number of ether oxygens (including phenoxy) is 2. The normalized spacial score (nSPS) is 14.2. The zero-order valence-corrected chi connectivity index (χ0v) is 23.5. The lowest BCUT2D eigenvalue weighted by Gasteiger charge is -2.25. The van der Waals surface area contributed by atoms with Crippen LogP contribution in [0.15, 0.2) is 66.1 Å². The maximum Gasteiger partial charge on any atom is 0.337 e. The molecule has 7 heteroatoms. The van der Waals surface area contributed by atoms with Gasteiger partial charge in [-0.05, 0) is 71.9 Å². The molecular weight excluding hydrogens is 478 g/mol. The van der Waals surface area contributed by atoms with Crippen molar-refractivity contribution in [1.29, 1.82) is 0 Å². The van der Waals surface area contributed by atoms with Crippen molar-refractivity contribution in [2.45, 2.75) is 41.5 Å². The van der Waals surface area contributed by atoms with Crippen LogP contribution >= 0.6 is 0 Å². The molecule has 0 bridgehead atoms. The van der Waals surface area contributed by atoms with Crippen LogP contribution in [0.4, 0.5) is 5.69 Å². The zero-order chi connectivity index (χ0) is 27.7. The Labute approximate surface area is 226 Å². The molecule has 0 atom stereocenters. The second-order valence-corrected chi connectivity index (χ2v) is 8.65. The number of hydrogen-bond acceptors (Lipinski definition) is 5. The number of carboxylic acids is 1. The maximum absolute atomic E-state index is 12.3. The molecule has 2 aromatic rings. The predicted molar refractivity (Wildman–Crippen MR) is 154 cm³/mol. The first-order valence-electron chi connectivity index (χ1n) is 13.5. The molecule has 0 saturated heterocycles. The summed E-state index contributed by atoms with van der Waals surface area (Å²) in [4.78, 5) is 19.2. The fourth-order valence-electron chi connectivity index (χ4n) is 4.73. The number of aromatic carboxylic acids is 1. The van der Waals surface area contributed by atoms with E-state index < -0.39 is 5.97 Å². The minimum Gasteiger partial charge on any atom is -0.493 e. The third-order valence-corrected chi connectivity index (χ3v) is 6.60. The van der Waals surface area contributed by atoms with E-state index in [9.17, 15) is 9.90 Å². The number of allylic oxidation sites excluding steroid dienone is 3. The fourth-order valence-corrected chi connectivity index (χ4v) is 4.73. The highest BCUT2D eigenvalue weighted by Gasteiger charge is 2.27. The molecule has 0 saturated carbocycles. The van der Waals surface area contributed by atoms with Crippen LogP contribution in [0.25, 0.3) is 5.57 Å². The van der Waals surface area contributed by atoms with Gasteiger partial charge in [0.15, 0.2) is 0 Å². The highest BCUT2D eigenvalue weighted by atomic mass is 16.5. The minimum atomic E-state index is -1.04. The average molecular weight is 519 g/mol. The Hall–Kier alpha value is -3.87. The molecule has 1 aromatic heterocycles. The van der Waals surface area contributed by atoms with Crippen LogP contribution in [-0.2, 0) is 4.74 Å². The van der Waals surface area contributed by atoms with Crippen molar-refractivity contribution < 1.29 is 24.0 Å². The van der Waals surface area contributed by atoms with Gasteiger partial charge in [0.2, 0.25) is 5.71 Å². The summed E-state index contributed by atoms with van der Waals surface area (Å²) in [6.07, 6.45) is 7.71. The van der Waals surface area contributed by atoms with Gasteiger partial charge >= 0.3 is 5.97 Å². The summed E-state index contributed by atoms with van der Waals surface area (Å²) in [5, 5.41) is 10.1. The van der Waals surface area contributed by atoms with Gasteiger partial charge < -0.3 is 19.5 Å². The summed E-state index contributed by atoms with van der Waals surface area (Å²) in [6.45, 7) is 16.8. The van der Waals surface area contributed by atoms with E-state index in [2.05, 4.69) is 54.3 Å². The number of hydrogen-bond donors (Lipinski definition) is 1. The Bertz CT molecular complexity index is 1260. The van der Waals surface area contributed by atoms with Crippen molar-refractivity contribution in [3.63, 3.8) is 0 Å². The molecule has 1 aliphatic carbocycles. The minimum absolute atomic E-state index is 0.119. The number of rotatable bonds is 12. The number of anilines is 1. The van der Waals surface area contributed by atoms with Crippen LogP contribution < -0.4 is 9.64 Å². The molecule has 1 heterocycles. The van der Waals surface area contributed by atoms with Crippen molar-refractivity contribution in [3.05, 3.63) is 82.9 Å². The van der Waals surface area contributed by atoms with Crippen LogP contribution in [0, 0.1) is 0 Å². The lowest BCUT2D eigenvalue weighted by molar-refractivity contribution is -0.519. The van der Waals surface area contributed by atoms with E-state index in [1.807, 2.05) is 38.1 Å². The Morgan fingerprint density at radius 3 is 2.26 bits per heavy atom. The summed E-state index contributed by atoms with van der Waals surface area (Å²) in [7, 11) is 0. The quantitative estimate of drug-likeness (QED) is 0.358. The number of carbonyl (C=O) groups is 1. The van der Waals surface area contributed by atoms with Crippen molar-refractivity contribution in [3.8, 4) is 5.75 Å². The van der Waals surface area contributed by atoms with Crippen LogP contribution in [0.2, 0.25) is 0 Å². The summed E-state index contributed by atoms with van der Waals surface area (Å²) < 4.78 is 14.6. The van der Waals surface area contributed by atoms with E-state index in [0.717, 1.165) is 48.7 Å². The van der Waals surface area contributed by atoms with Gasteiger partial charge in [0.05, 0.1) is 30.5 Å². The molecule has 1 N–H and O–H groups in total. The standard InChI is InChI=1S/C31H39N3O4/c1-7-33(8-2)22-15-17-24(27(20-22)37-11-5)29(30-26(31(35)36)14-13-19-32-30)25-18-16-23(34(9-3)10-4)21-28(25)38-12-6/h13-21H,7-12H2,1-6H3/p+1. The summed E-state index contributed by atoms with van der Waals surface area (Å²) in [5.41, 5.74) is 4.76. The topological polar surface area (TPSA) is 74.9 Å². The molecule has 0 fully saturated rings. The molecular formula is C31H40N3O4+. The molecule has 7 nitrogen and oxygen atoms in total. The van der Waals surface area contributed by atoms with Gasteiger partial charge in [-0.15, -0.1) is 0 Å². The summed E-state index contributed by atoms with van der Waals surface area (Å²) in [5.74, 6) is 0.300. The SMILES string of the molecule is CCOC1=CC(=[N+](CC)CC)C=CC1=C(c1ccc(N(CC)CC)cc1OCC)c1ncccc1C(=O)O. The molecule has 1 aromatic carbocycles. The third-order valence-electron chi connectivity index (χ3n) is 6.60. The Balaban J connectivity index is 2.42. The Morgan fingerprint density at radius 1 is 0.947 bits per heavy atom. The van der Waals surface area contributed by atoms with Crippen LogP contribution in [0.5, 0.6) is 5.75 Å². The summed E-state index contributed by atoms with van der Waals surface area (Å²) in [6, 6.07) is 9.31. The lowest BCUT2D eigenvalue weighted by Crippen LogP contribution is -2.22.